The number of aliphatic hydroxyl groups is 2. The zero-order chi connectivity index (χ0) is 39.6. The lowest BCUT2D eigenvalue weighted by molar-refractivity contribution is -0.154. The molecule has 0 aromatic heterocycles. The Hall–Kier alpha value is -2.10. The largest absolute Gasteiger partial charge is 0.472 e. The van der Waals surface area contributed by atoms with E-state index in [0.717, 1.165) is 70.6 Å². The summed E-state index contributed by atoms with van der Waals surface area (Å²) >= 11 is 0. The van der Waals surface area contributed by atoms with Gasteiger partial charge in [0.15, 0.2) is 0 Å². The number of allylic oxidation sites excluding steroid dienone is 12. The van der Waals surface area contributed by atoms with Gasteiger partial charge in [-0.25, -0.2) is 4.57 Å². The first-order valence-electron chi connectivity index (χ1n) is 20.9. The van der Waals surface area contributed by atoms with Gasteiger partial charge in [-0.2, -0.15) is 0 Å². The molecule has 3 unspecified atom stereocenters. The van der Waals surface area contributed by atoms with E-state index in [0.29, 0.717) is 6.61 Å². The number of esters is 1. The number of rotatable bonds is 39. The highest BCUT2D eigenvalue weighted by atomic mass is 31.2. The summed E-state index contributed by atoms with van der Waals surface area (Å²) in [6, 6.07) is 0. The molecule has 0 spiro atoms. The fourth-order valence-electron chi connectivity index (χ4n) is 5.25. The van der Waals surface area contributed by atoms with Gasteiger partial charge in [0.05, 0.1) is 26.4 Å². The molecule has 0 radical (unpaired) electrons. The molecule has 0 aliphatic rings. The molecule has 0 saturated heterocycles. The minimum Gasteiger partial charge on any atom is -0.457 e. The minimum absolute atomic E-state index is 0.00730. The molecule has 312 valence electrons. The molecule has 0 bridgehead atoms. The van der Waals surface area contributed by atoms with Gasteiger partial charge in [-0.3, -0.25) is 13.8 Å². The number of hydrogen-bond acceptors (Lipinski definition) is 8. The normalized spacial score (nSPS) is 14.8. The van der Waals surface area contributed by atoms with E-state index in [1.807, 2.05) is 0 Å². The Morgan fingerprint density at radius 2 is 1.04 bits per heavy atom. The average Bonchev–Trinajstić information content (AvgIpc) is 3.16. The van der Waals surface area contributed by atoms with Gasteiger partial charge in [0.25, 0.3) is 0 Å². The quantitative estimate of drug-likeness (QED) is 0.0241. The molecule has 0 aromatic rings. The van der Waals surface area contributed by atoms with Crippen LogP contribution in [0.5, 0.6) is 0 Å². The number of carbonyl (C=O) groups excluding carboxylic acids is 1. The Kier molecular flexibility index (Phi) is 39.0. The van der Waals surface area contributed by atoms with Crippen molar-refractivity contribution in [3.05, 3.63) is 72.9 Å². The Morgan fingerprint density at radius 3 is 1.52 bits per heavy atom. The van der Waals surface area contributed by atoms with E-state index in [4.69, 9.17) is 23.6 Å². The fraction of sp³-hybridized carbons (Fsp3) is 0.705. The summed E-state index contributed by atoms with van der Waals surface area (Å²) in [7, 11) is -4.53. The van der Waals surface area contributed by atoms with Gasteiger partial charge in [0, 0.05) is 13.0 Å². The molecular weight excluding hydrogens is 703 g/mol. The molecule has 0 fully saturated rings. The first-order valence-corrected chi connectivity index (χ1v) is 22.4. The fourth-order valence-corrected chi connectivity index (χ4v) is 6.04. The van der Waals surface area contributed by atoms with E-state index in [1.54, 1.807) is 0 Å². The third-order valence-electron chi connectivity index (χ3n) is 8.41. The molecule has 10 heteroatoms. The molecule has 0 aromatic carbocycles. The molecule has 9 nitrogen and oxygen atoms in total. The predicted octanol–water partition coefficient (Wildman–Crippen LogP) is 11.4. The third kappa shape index (κ3) is 39.6. The first kappa shape index (κ1) is 51.9. The lowest BCUT2D eigenvalue weighted by Gasteiger charge is -2.20. The second-order valence-corrected chi connectivity index (χ2v) is 15.1. The maximum absolute atomic E-state index is 12.6. The summed E-state index contributed by atoms with van der Waals surface area (Å²) in [6.45, 7) is 3.23. The van der Waals surface area contributed by atoms with E-state index in [1.165, 1.54) is 64.2 Å². The molecule has 54 heavy (non-hydrogen) atoms. The number of carbonyl (C=O) groups is 1. The van der Waals surface area contributed by atoms with Crippen LogP contribution in [0.1, 0.15) is 155 Å². The van der Waals surface area contributed by atoms with Crippen LogP contribution in [0.3, 0.4) is 0 Å². The van der Waals surface area contributed by atoms with Crippen molar-refractivity contribution in [2.24, 2.45) is 0 Å². The van der Waals surface area contributed by atoms with E-state index in [-0.39, 0.29) is 13.0 Å². The Morgan fingerprint density at radius 1 is 0.593 bits per heavy atom. The zero-order valence-electron chi connectivity index (χ0n) is 33.9. The Labute approximate surface area is 329 Å². The molecule has 3 atom stereocenters. The minimum atomic E-state index is -4.53. The average molecular weight is 781 g/mol. The van der Waals surface area contributed by atoms with Gasteiger partial charge >= 0.3 is 13.8 Å². The van der Waals surface area contributed by atoms with Crippen LogP contribution in [0, 0.1) is 0 Å². The Balaban J connectivity index is 4.31. The summed E-state index contributed by atoms with van der Waals surface area (Å²) < 4.78 is 33.2. The maximum Gasteiger partial charge on any atom is 0.472 e. The van der Waals surface area contributed by atoms with Crippen molar-refractivity contribution in [3.8, 4) is 0 Å². The van der Waals surface area contributed by atoms with Crippen molar-refractivity contribution < 1.29 is 43.0 Å². The van der Waals surface area contributed by atoms with Crippen molar-refractivity contribution in [1.29, 1.82) is 0 Å². The van der Waals surface area contributed by atoms with Crippen LogP contribution in [-0.4, -0.2) is 66.3 Å². The van der Waals surface area contributed by atoms with Gasteiger partial charge in [-0.15, -0.1) is 0 Å². The van der Waals surface area contributed by atoms with Gasteiger partial charge in [0.2, 0.25) is 0 Å². The molecule has 3 N–H and O–H groups in total. The number of aliphatic hydroxyl groups excluding tert-OH is 2. The maximum atomic E-state index is 12.6. The molecule has 0 aliphatic heterocycles. The van der Waals surface area contributed by atoms with Crippen LogP contribution in [-0.2, 0) is 27.9 Å². The summed E-state index contributed by atoms with van der Waals surface area (Å²) in [5.41, 5.74) is 0. The monoisotopic (exact) mass is 781 g/mol. The smallest absolute Gasteiger partial charge is 0.457 e. The second kappa shape index (κ2) is 40.6. The van der Waals surface area contributed by atoms with Crippen LogP contribution in [0.4, 0.5) is 0 Å². The van der Waals surface area contributed by atoms with Gasteiger partial charge in [-0.05, 0) is 57.8 Å². The standard InChI is InChI=1S/C44H77O9P/c1-3-5-7-9-11-13-15-17-18-19-20-21-22-23-25-27-29-31-33-35-37-50-40-43(41-52-54(48,49)51-39-42(46)38-45)53-44(47)36-34-32-30-28-26-24-16-14-12-10-8-6-4-2/h5,7,11,13,17-18,20-21,23,25,29,31,42-43,45-46H,3-4,6,8-10,12,14-16,19,22,24,26-28,30,32-41H2,1-2H3,(H,48,49)/b7-5-,13-11-,18-17-,21-20-,25-23-,31-29-. The SMILES string of the molecule is CC/C=C\C/C=C\C/C=C\C/C=C\C/C=C\C/C=C\CCCOCC(COP(=O)(O)OCC(O)CO)OC(=O)CCCCCCCCCCCCCCC. The van der Waals surface area contributed by atoms with Crippen LogP contribution < -0.4 is 0 Å². The highest BCUT2D eigenvalue weighted by Gasteiger charge is 2.26. The predicted molar refractivity (Wildman–Crippen MR) is 223 cm³/mol. The molecule has 0 aliphatic carbocycles. The third-order valence-corrected chi connectivity index (χ3v) is 9.36. The molecular formula is C44H77O9P. The van der Waals surface area contributed by atoms with E-state index in [9.17, 15) is 19.4 Å². The summed E-state index contributed by atoms with van der Waals surface area (Å²) in [6.07, 6.45) is 47.3. The number of phosphoric acid groups is 1. The lowest BCUT2D eigenvalue weighted by atomic mass is 10.0. The topological polar surface area (TPSA) is 132 Å². The molecule has 0 saturated carbocycles. The second-order valence-electron chi connectivity index (χ2n) is 13.6. The van der Waals surface area contributed by atoms with Gasteiger partial charge in [0.1, 0.15) is 12.2 Å². The lowest BCUT2D eigenvalue weighted by Crippen LogP contribution is -2.29. The summed E-state index contributed by atoms with van der Waals surface area (Å²) in [4.78, 5) is 22.5. The van der Waals surface area contributed by atoms with Crippen LogP contribution >= 0.6 is 7.82 Å². The highest BCUT2D eigenvalue weighted by Crippen LogP contribution is 2.43. The molecule has 0 heterocycles. The summed E-state index contributed by atoms with van der Waals surface area (Å²) in [5.74, 6) is -0.405. The van der Waals surface area contributed by atoms with E-state index < -0.39 is 45.8 Å². The van der Waals surface area contributed by atoms with Gasteiger partial charge < -0.3 is 24.6 Å². The van der Waals surface area contributed by atoms with Crippen molar-refractivity contribution in [1.82, 2.24) is 0 Å². The number of phosphoric ester groups is 1. The Bertz CT molecular complexity index is 1070. The highest BCUT2D eigenvalue weighted by molar-refractivity contribution is 7.47. The van der Waals surface area contributed by atoms with E-state index in [2.05, 4.69) is 86.8 Å². The van der Waals surface area contributed by atoms with Gasteiger partial charge in [-0.1, -0.05) is 164 Å². The summed E-state index contributed by atoms with van der Waals surface area (Å²) in [5, 5.41) is 18.3. The van der Waals surface area contributed by atoms with Crippen molar-refractivity contribution in [2.45, 2.75) is 167 Å². The molecule has 0 rings (SSSR count). The zero-order valence-corrected chi connectivity index (χ0v) is 34.8. The number of hydrogen-bond donors (Lipinski definition) is 3. The number of unbranched alkanes of at least 4 members (excludes halogenated alkanes) is 13. The van der Waals surface area contributed by atoms with Crippen molar-refractivity contribution >= 4 is 13.8 Å². The first-order chi connectivity index (χ1) is 26.3. The van der Waals surface area contributed by atoms with E-state index >= 15 is 0 Å². The van der Waals surface area contributed by atoms with Crippen LogP contribution in [0.25, 0.3) is 0 Å². The number of ether oxygens (including phenoxy) is 2. The molecule has 0 amide bonds. The van der Waals surface area contributed by atoms with Crippen molar-refractivity contribution in [2.75, 3.05) is 33.0 Å². The van der Waals surface area contributed by atoms with Crippen molar-refractivity contribution in [3.63, 3.8) is 0 Å². The van der Waals surface area contributed by atoms with Crippen LogP contribution in [0.15, 0.2) is 72.9 Å². The van der Waals surface area contributed by atoms with Crippen LogP contribution in [0.2, 0.25) is 0 Å².